The lowest BCUT2D eigenvalue weighted by molar-refractivity contribution is 0.367. The average molecular weight is 196 g/mol. The predicted octanol–water partition coefficient (Wildman–Crippen LogP) is 0.334. The fourth-order valence-corrected chi connectivity index (χ4v) is 1.59. The molecular formula is C10H20N4. The Morgan fingerprint density at radius 3 is 2.86 bits per heavy atom. The van der Waals surface area contributed by atoms with Crippen molar-refractivity contribution < 1.29 is 0 Å². The normalized spacial score (nSPS) is 13.5. The average Bonchev–Trinajstić information content (AvgIpc) is 2.50. The van der Waals surface area contributed by atoms with Gasteiger partial charge in [-0.05, 0) is 21.0 Å². The summed E-state index contributed by atoms with van der Waals surface area (Å²) < 4.78 is 2.13. The summed E-state index contributed by atoms with van der Waals surface area (Å²) in [6.45, 7) is 3.98. The Morgan fingerprint density at radius 1 is 1.57 bits per heavy atom. The molecule has 1 aromatic heterocycles. The van der Waals surface area contributed by atoms with Gasteiger partial charge in [-0.3, -0.25) is 0 Å². The van der Waals surface area contributed by atoms with Gasteiger partial charge in [0, 0.05) is 37.9 Å². The summed E-state index contributed by atoms with van der Waals surface area (Å²) in [6, 6.07) is 0.165. The van der Waals surface area contributed by atoms with Crippen LogP contribution in [-0.4, -0.2) is 41.1 Å². The molecule has 0 aliphatic carbocycles. The second-order valence-corrected chi connectivity index (χ2v) is 3.86. The van der Waals surface area contributed by atoms with Crippen molar-refractivity contribution >= 4 is 0 Å². The summed E-state index contributed by atoms with van der Waals surface area (Å²) in [5.74, 6) is 1.09. The van der Waals surface area contributed by atoms with E-state index in [0.717, 1.165) is 25.3 Å². The molecule has 0 aliphatic heterocycles. The maximum absolute atomic E-state index is 5.99. The third kappa shape index (κ3) is 3.12. The molecule has 14 heavy (non-hydrogen) atoms. The summed E-state index contributed by atoms with van der Waals surface area (Å²) in [5, 5.41) is 0. The zero-order chi connectivity index (χ0) is 10.6. The van der Waals surface area contributed by atoms with Crippen LogP contribution >= 0.6 is 0 Å². The van der Waals surface area contributed by atoms with Crippen LogP contribution in [0.4, 0.5) is 0 Å². The van der Waals surface area contributed by atoms with Crippen LogP contribution in [0.15, 0.2) is 12.4 Å². The van der Waals surface area contributed by atoms with Gasteiger partial charge in [0.2, 0.25) is 0 Å². The molecule has 0 bridgehead atoms. The Kier molecular flexibility index (Phi) is 4.10. The number of nitrogens with zero attached hydrogens (tertiary/aromatic N) is 3. The van der Waals surface area contributed by atoms with Crippen LogP contribution in [0.5, 0.6) is 0 Å². The molecule has 2 N–H and O–H groups in total. The maximum Gasteiger partial charge on any atom is 0.110 e. The van der Waals surface area contributed by atoms with Crippen molar-refractivity contribution in [1.29, 1.82) is 0 Å². The van der Waals surface area contributed by atoms with Crippen molar-refractivity contribution in [1.82, 2.24) is 14.5 Å². The van der Waals surface area contributed by atoms with Crippen molar-refractivity contribution in [3.8, 4) is 0 Å². The summed E-state index contributed by atoms with van der Waals surface area (Å²) in [5.41, 5.74) is 5.99. The van der Waals surface area contributed by atoms with E-state index in [1.54, 1.807) is 0 Å². The van der Waals surface area contributed by atoms with Crippen LogP contribution < -0.4 is 5.73 Å². The van der Waals surface area contributed by atoms with Gasteiger partial charge in [0.15, 0.2) is 0 Å². The van der Waals surface area contributed by atoms with E-state index in [-0.39, 0.29) is 6.04 Å². The second-order valence-electron chi connectivity index (χ2n) is 3.86. The number of aryl methyl sites for hydroxylation is 1. The van der Waals surface area contributed by atoms with Gasteiger partial charge in [-0.25, -0.2) is 4.98 Å². The molecule has 1 heterocycles. The molecule has 0 saturated carbocycles. The highest BCUT2D eigenvalue weighted by atomic mass is 15.1. The molecule has 0 fully saturated rings. The van der Waals surface area contributed by atoms with Gasteiger partial charge in [-0.2, -0.15) is 0 Å². The predicted molar refractivity (Wildman–Crippen MR) is 58.1 cm³/mol. The quantitative estimate of drug-likeness (QED) is 0.738. The highest BCUT2D eigenvalue weighted by molar-refractivity contribution is 4.95. The number of likely N-dealkylation sites (N-methyl/N-ethyl adjacent to an activating group) is 1. The first-order chi connectivity index (χ1) is 6.63. The highest BCUT2D eigenvalue weighted by Gasteiger charge is 2.08. The molecule has 4 heteroatoms. The van der Waals surface area contributed by atoms with E-state index >= 15 is 0 Å². The number of hydrogen-bond acceptors (Lipinski definition) is 3. The van der Waals surface area contributed by atoms with Crippen molar-refractivity contribution in [2.24, 2.45) is 5.73 Å². The SMILES string of the molecule is CCn1ccnc1CC(N)CN(C)C. The Balaban J connectivity index is 2.51. The van der Waals surface area contributed by atoms with Crippen molar-refractivity contribution in [3.63, 3.8) is 0 Å². The Bertz CT molecular complexity index is 267. The lowest BCUT2D eigenvalue weighted by Crippen LogP contribution is -2.35. The van der Waals surface area contributed by atoms with Crippen molar-refractivity contribution in [2.45, 2.75) is 25.9 Å². The third-order valence-electron chi connectivity index (χ3n) is 2.19. The van der Waals surface area contributed by atoms with E-state index in [4.69, 9.17) is 5.73 Å². The Labute approximate surface area is 85.7 Å². The zero-order valence-corrected chi connectivity index (χ0v) is 9.27. The molecule has 1 aromatic rings. The van der Waals surface area contributed by atoms with Gasteiger partial charge >= 0.3 is 0 Å². The molecule has 80 valence electrons. The molecule has 0 spiro atoms. The van der Waals surface area contributed by atoms with Crippen LogP contribution in [-0.2, 0) is 13.0 Å². The van der Waals surface area contributed by atoms with E-state index in [1.807, 2.05) is 26.5 Å². The molecule has 1 atom stereocenters. The third-order valence-corrected chi connectivity index (χ3v) is 2.19. The minimum Gasteiger partial charge on any atom is -0.335 e. The first-order valence-corrected chi connectivity index (χ1v) is 5.03. The van der Waals surface area contributed by atoms with Gasteiger partial charge < -0.3 is 15.2 Å². The van der Waals surface area contributed by atoms with Crippen LogP contribution in [0, 0.1) is 0 Å². The number of aromatic nitrogens is 2. The van der Waals surface area contributed by atoms with Gasteiger partial charge in [-0.15, -0.1) is 0 Å². The molecule has 0 amide bonds. The van der Waals surface area contributed by atoms with Crippen molar-refractivity contribution in [2.75, 3.05) is 20.6 Å². The number of rotatable bonds is 5. The maximum atomic E-state index is 5.99. The van der Waals surface area contributed by atoms with E-state index in [1.165, 1.54) is 0 Å². The van der Waals surface area contributed by atoms with Gasteiger partial charge in [0.05, 0.1) is 0 Å². The van der Waals surface area contributed by atoms with Crippen LogP contribution in [0.25, 0.3) is 0 Å². The summed E-state index contributed by atoms with van der Waals surface area (Å²) >= 11 is 0. The van der Waals surface area contributed by atoms with Crippen LogP contribution in [0.3, 0.4) is 0 Å². The molecule has 4 nitrogen and oxygen atoms in total. The number of nitrogens with two attached hydrogens (primary N) is 1. The Morgan fingerprint density at radius 2 is 2.29 bits per heavy atom. The second kappa shape index (κ2) is 5.12. The molecule has 0 aliphatic rings. The topological polar surface area (TPSA) is 47.1 Å². The summed E-state index contributed by atoms with van der Waals surface area (Å²) in [6.07, 6.45) is 4.68. The van der Waals surface area contributed by atoms with Crippen molar-refractivity contribution in [3.05, 3.63) is 18.2 Å². The van der Waals surface area contributed by atoms with E-state index in [9.17, 15) is 0 Å². The number of imidazole rings is 1. The minimum atomic E-state index is 0.165. The molecule has 0 saturated heterocycles. The summed E-state index contributed by atoms with van der Waals surface area (Å²) in [7, 11) is 4.07. The first kappa shape index (κ1) is 11.2. The summed E-state index contributed by atoms with van der Waals surface area (Å²) in [4.78, 5) is 6.40. The molecule has 1 rings (SSSR count). The standard InChI is InChI=1S/C10H20N4/c1-4-14-6-5-12-10(14)7-9(11)8-13(2)3/h5-6,9H,4,7-8,11H2,1-3H3. The fraction of sp³-hybridized carbons (Fsp3) is 0.700. The minimum absolute atomic E-state index is 0.165. The highest BCUT2D eigenvalue weighted by Crippen LogP contribution is 2.01. The molecular weight excluding hydrogens is 176 g/mol. The Hall–Kier alpha value is -0.870. The fourth-order valence-electron chi connectivity index (χ4n) is 1.59. The van der Waals surface area contributed by atoms with Crippen LogP contribution in [0.1, 0.15) is 12.7 Å². The van der Waals surface area contributed by atoms with Crippen LogP contribution in [0.2, 0.25) is 0 Å². The van der Waals surface area contributed by atoms with Gasteiger partial charge in [0.1, 0.15) is 5.82 Å². The van der Waals surface area contributed by atoms with Gasteiger partial charge in [-0.1, -0.05) is 0 Å². The molecule has 0 aromatic carbocycles. The molecule has 1 unspecified atom stereocenters. The first-order valence-electron chi connectivity index (χ1n) is 5.03. The smallest absolute Gasteiger partial charge is 0.110 e. The lowest BCUT2D eigenvalue weighted by Gasteiger charge is -2.16. The lowest BCUT2D eigenvalue weighted by atomic mass is 10.2. The van der Waals surface area contributed by atoms with E-state index < -0.39 is 0 Å². The van der Waals surface area contributed by atoms with Gasteiger partial charge in [0.25, 0.3) is 0 Å². The molecule has 0 radical (unpaired) electrons. The largest absolute Gasteiger partial charge is 0.335 e. The number of hydrogen-bond donors (Lipinski definition) is 1. The monoisotopic (exact) mass is 196 g/mol. The zero-order valence-electron chi connectivity index (χ0n) is 9.27. The van der Waals surface area contributed by atoms with E-state index in [2.05, 4.69) is 21.4 Å². The van der Waals surface area contributed by atoms with E-state index in [0.29, 0.717) is 0 Å².